The third-order valence-electron chi connectivity index (χ3n) is 4.44. The summed E-state index contributed by atoms with van der Waals surface area (Å²) in [5.41, 5.74) is 0.243. The lowest BCUT2D eigenvalue weighted by molar-refractivity contribution is -0.127. The molecule has 1 aliphatic rings. The van der Waals surface area contributed by atoms with Crippen LogP contribution in [0.2, 0.25) is 0 Å². The van der Waals surface area contributed by atoms with Gasteiger partial charge in [-0.25, -0.2) is 21.6 Å². The lowest BCUT2D eigenvalue weighted by Crippen LogP contribution is -2.50. The summed E-state index contributed by atoms with van der Waals surface area (Å²) in [6, 6.07) is 6.74. The van der Waals surface area contributed by atoms with Gasteiger partial charge in [0.2, 0.25) is 15.9 Å². The van der Waals surface area contributed by atoms with E-state index >= 15 is 0 Å². The number of hydrogen-bond donors (Lipinski definition) is 0. The Balaban J connectivity index is 1.65. The minimum absolute atomic E-state index is 0.00611. The van der Waals surface area contributed by atoms with E-state index in [1.807, 2.05) is 0 Å². The minimum atomic E-state index is -4.00. The molecule has 0 bridgehead atoms. The molecular weight excluding hydrogens is 473 g/mol. The molecule has 1 amide bonds. The van der Waals surface area contributed by atoms with Crippen molar-refractivity contribution in [3.05, 3.63) is 70.0 Å². The van der Waals surface area contributed by atoms with Crippen LogP contribution in [0.15, 0.2) is 51.8 Å². The van der Waals surface area contributed by atoms with Crippen molar-refractivity contribution in [2.45, 2.75) is 4.90 Å². The standard InChI is InChI=1S/C19H16BrF3N2O3S/c20-14-2-4-16(21)13(11-14)1-6-19(26)24-7-9-25(10-8-24)29(27,28)15-3-5-17(22)18(23)12-15/h1-6,11-12H,7-10H2/b6-1+. The fraction of sp³-hybridized carbons (Fsp3) is 0.211. The number of carbonyl (C=O) groups is 1. The summed E-state index contributed by atoms with van der Waals surface area (Å²) in [7, 11) is -4.00. The third kappa shape index (κ3) is 4.88. The molecule has 0 unspecified atom stereocenters. The number of carbonyl (C=O) groups excluding carboxylic acids is 1. The average Bonchev–Trinajstić information content (AvgIpc) is 2.70. The average molecular weight is 489 g/mol. The Morgan fingerprint density at radius 2 is 1.59 bits per heavy atom. The number of nitrogens with zero attached hydrogens (tertiary/aromatic N) is 2. The second kappa shape index (κ2) is 8.68. The Morgan fingerprint density at radius 3 is 2.24 bits per heavy atom. The van der Waals surface area contributed by atoms with E-state index in [1.54, 1.807) is 6.07 Å². The van der Waals surface area contributed by atoms with Gasteiger partial charge in [0, 0.05) is 42.3 Å². The number of benzene rings is 2. The molecule has 1 fully saturated rings. The quantitative estimate of drug-likeness (QED) is 0.619. The highest BCUT2D eigenvalue weighted by Crippen LogP contribution is 2.20. The van der Waals surface area contributed by atoms with Gasteiger partial charge in [0.25, 0.3) is 0 Å². The second-order valence-electron chi connectivity index (χ2n) is 6.30. The molecule has 3 rings (SSSR count). The molecule has 1 heterocycles. The second-order valence-corrected chi connectivity index (χ2v) is 9.16. The number of halogens is 4. The van der Waals surface area contributed by atoms with Gasteiger partial charge >= 0.3 is 0 Å². The van der Waals surface area contributed by atoms with E-state index in [4.69, 9.17) is 0 Å². The van der Waals surface area contributed by atoms with E-state index in [9.17, 15) is 26.4 Å². The maximum atomic E-state index is 13.7. The van der Waals surface area contributed by atoms with Crippen LogP contribution in [-0.2, 0) is 14.8 Å². The Kier molecular flexibility index (Phi) is 6.45. The van der Waals surface area contributed by atoms with Gasteiger partial charge in [-0.3, -0.25) is 4.79 Å². The summed E-state index contributed by atoms with van der Waals surface area (Å²) in [6.45, 7) is 0.248. The summed E-state index contributed by atoms with van der Waals surface area (Å²) >= 11 is 3.23. The van der Waals surface area contributed by atoms with Crippen LogP contribution in [0.25, 0.3) is 6.08 Å². The molecule has 154 valence electrons. The summed E-state index contributed by atoms with van der Waals surface area (Å²) in [6.07, 6.45) is 2.58. The number of rotatable bonds is 4. The normalized spacial score (nSPS) is 15.8. The van der Waals surface area contributed by atoms with E-state index in [0.717, 1.165) is 16.4 Å². The topological polar surface area (TPSA) is 57.7 Å². The fourth-order valence-corrected chi connectivity index (χ4v) is 4.66. The largest absolute Gasteiger partial charge is 0.337 e. The Labute approximate surface area is 174 Å². The molecule has 0 radical (unpaired) electrons. The first-order valence-corrected chi connectivity index (χ1v) is 10.8. The Bertz CT molecular complexity index is 1070. The van der Waals surface area contributed by atoms with Crippen LogP contribution >= 0.6 is 15.9 Å². The Morgan fingerprint density at radius 1 is 0.931 bits per heavy atom. The summed E-state index contributed by atoms with van der Waals surface area (Å²) in [5.74, 6) is -3.23. The zero-order valence-electron chi connectivity index (χ0n) is 15.0. The molecular formula is C19H16BrF3N2O3S. The molecule has 1 saturated heterocycles. The van der Waals surface area contributed by atoms with Crippen LogP contribution in [0.5, 0.6) is 0 Å². The molecule has 0 aliphatic carbocycles. The van der Waals surface area contributed by atoms with E-state index in [2.05, 4.69) is 15.9 Å². The maximum absolute atomic E-state index is 13.7. The molecule has 10 heteroatoms. The molecule has 1 aliphatic heterocycles. The van der Waals surface area contributed by atoms with Crippen LogP contribution < -0.4 is 0 Å². The number of hydrogen-bond acceptors (Lipinski definition) is 3. The predicted molar refractivity (Wildman–Crippen MR) is 105 cm³/mol. The SMILES string of the molecule is O=C(/C=C/c1cc(Br)ccc1F)N1CCN(S(=O)(=O)c2ccc(F)c(F)c2)CC1. The van der Waals surface area contributed by atoms with Crippen molar-refractivity contribution in [1.29, 1.82) is 0 Å². The number of piperazine rings is 1. The van der Waals surface area contributed by atoms with Gasteiger partial charge in [-0.2, -0.15) is 4.31 Å². The number of sulfonamides is 1. The number of amides is 1. The highest BCUT2D eigenvalue weighted by Gasteiger charge is 2.30. The molecule has 0 N–H and O–H groups in total. The van der Waals surface area contributed by atoms with Crippen molar-refractivity contribution in [3.8, 4) is 0 Å². The van der Waals surface area contributed by atoms with Crippen LogP contribution in [0.1, 0.15) is 5.56 Å². The van der Waals surface area contributed by atoms with Crippen molar-refractivity contribution in [2.75, 3.05) is 26.2 Å². The van der Waals surface area contributed by atoms with Crippen LogP contribution in [0, 0.1) is 17.5 Å². The van der Waals surface area contributed by atoms with Crippen LogP contribution in [0.4, 0.5) is 13.2 Å². The zero-order valence-corrected chi connectivity index (χ0v) is 17.4. The Hall–Kier alpha value is -2.17. The van der Waals surface area contributed by atoms with E-state index in [-0.39, 0.29) is 42.5 Å². The van der Waals surface area contributed by atoms with Gasteiger partial charge in [0.15, 0.2) is 11.6 Å². The fourth-order valence-electron chi connectivity index (χ4n) is 2.84. The highest BCUT2D eigenvalue weighted by molar-refractivity contribution is 9.10. The molecule has 0 atom stereocenters. The van der Waals surface area contributed by atoms with Gasteiger partial charge in [-0.1, -0.05) is 15.9 Å². The van der Waals surface area contributed by atoms with Gasteiger partial charge in [-0.05, 0) is 42.5 Å². The summed E-state index contributed by atoms with van der Waals surface area (Å²) in [4.78, 5) is 13.4. The van der Waals surface area contributed by atoms with Crippen LogP contribution in [-0.4, -0.2) is 49.7 Å². The van der Waals surface area contributed by atoms with Crippen LogP contribution in [0.3, 0.4) is 0 Å². The van der Waals surface area contributed by atoms with Crippen molar-refractivity contribution >= 4 is 37.9 Å². The van der Waals surface area contributed by atoms with E-state index in [1.165, 1.54) is 29.2 Å². The maximum Gasteiger partial charge on any atom is 0.246 e. The zero-order chi connectivity index (χ0) is 21.2. The van der Waals surface area contributed by atoms with Gasteiger partial charge in [0.1, 0.15) is 5.82 Å². The lowest BCUT2D eigenvalue weighted by atomic mass is 10.2. The molecule has 0 saturated carbocycles. The van der Waals surface area contributed by atoms with Crippen molar-refractivity contribution in [3.63, 3.8) is 0 Å². The smallest absolute Gasteiger partial charge is 0.246 e. The lowest BCUT2D eigenvalue weighted by Gasteiger charge is -2.33. The highest BCUT2D eigenvalue weighted by atomic mass is 79.9. The molecule has 2 aromatic carbocycles. The third-order valence-corrected chi connectivity index (χ3v) is 6.83. The van der Waals surface area contributed by atoms with E-state index < -0.39 is 27.5 Å². The van der Waals surface area contributed by atoms with Crippen molar-refractivity contribution < 1.29 is 26.4 Å². The summed E-state index contributed by atoms with van der Waals surface area (Å²) < 4.78 is 67.1. The molecule has 0 aromatic heterocycles. The van der Waals surface area contributed by atoms with Gasteiger partial charge in [0.05, 0.1) is 4.90 Å². The predicted octanol–water partition coefficient (Wildman–Crippen LogP) is 3.41. The van der Waals surface area contributed by atoms with Crippen molar-refractivity contribution in [1.82, 2.24) is 9.21 Å². The van der Waals surface area contributed by atoms with E-state index in [0.29, 0.717) is 10.5 Å². The molecule has 2 aromatic rings. The first-order valence-electron chi connectivity index (χ1n) is 8.56. The molecule has 29 heavy (non-hydrogen) atoms. The molecule has 0 spiro atoms. The van der Waals surface area contributed by atoms with Gasteiger partial charge < -0.3 is 4.90 Å². The summed E-state index contributed by atoms with van der Waals surface area (Å²) in [5, 5.41) is 0. The first-order chi connectivity index (χ1) is 13.7. The monoisotopic (exact) mass is 488 g/mol. The van der Waals surface area contributed by atoms with Crippen molar-refractivity contribution in [2.24, 2.45) is 0 Å². The molecule has 5 nitrogen and oxygen atoms in total. The first kappa shape index (κ1) is 21.5. The minimum Gasteiger partial charge on any atom is -0.337 e. The van der Waals surface area contributed by atoms with Gasteiger partial charge in [-0.15, -0.1) is 0 Å².